The zero-order chi connectivity index (χ0) is 9.97. The van der Waals surface area contributed by atoms with Crippen LogP contribution in [0.3, 0.4) is 0 Å². The molecule has 0 aromatic carbocycles. The first-order valence-electron chi connectivity index (χ1n) is 4.56. The minimum Gasteiger partial charge on any atom is -0.474 e. The Kier molecular flexibility index (Phi) is 2.36. The fraction of sp³-hybridized carbons (Fsp3) is 0.500. The van der Waals surface area contributed by atoms with E-state index in [1.807, 2.05) is 0 Å². The third kappa shape index (κ3) is 1.85. The second kappa shape index (κ2) is 3.67. The maximum absolute atomic E-state index is 5.55. The number of hydrogen-bond donors (Lipinski definition) is 3. The molecule has 0 unspecified atom stereocenters. The van der Waals surface area contributed by atoms with Crippen molar-refractivity contribution in [1.29, 1.82) is 0 Å². The summed E-state index contributed by atoms with van der Waals surface area (Å²) in [4.78, 5) is 7.81. The van der Waals surface area contributed by atoms with Gasteiger partial charge in [-0.2, -0.15) is 9.97 Å². The van der Waals surface area contributed by atoms with Gasteiger partial charge in [0.2, 0.25) is 11.8 Å². The molecule has 1 aromatic heterocycles. The standard InChI is InChI=1S/C8H13N5O/c9-8-11-6(13-10)4-7(12-8)14-5-2-1-3-5/h4-5H,1-3,10H2,(H3,9,11,12,13). The lowest BCUT2D eigenvalue weighted by Crippen LogP contribution is -2.25. The Morgan fingerprint density at radius 3 is 2.79 bits per heavy atom. The molecule has 0 atom stereocenters. The average molecular weight is 195 g/mol. The van der Waals surface area contributed by atoms with Gasteiger partial charge >= 0.3 is 0 Å². The Morgan fingerprint density at radius 1 is 1.43 bits per heavy atom. The van der Waals surface area contributed by atoms with Crippen LogP contribution in [0.25, 0.3) is 0 Å². The lowest BCUT2D eigenvalue weighted by molar-refractivity contribution is 0.115. The van der Waals surface area contributed by atoms with Crippen LogP contribution in [0.5, 0.6) is 5.88 Å². The molecule has 0 spiro atoms. The number of hydrogen-bond acceptors (Lipinski definition) is 6. The Morgan fingerprint density at radius 2 is 2.21 bits per heavy atom. The van der Waals surface area contributed by atoms with E-state index in [-0.39, 0.29) is 12.1 Å². The Balaban J connectivity index is 2.11. The molecule has 2 rings (SSSR count). The third-order valence-corrected chi connectivity index (χ3v) is 2.21. The molecule has 0 saturated heterocycles. The van der Waals surface area contributed by atoms with E-state index in [1.54, 1.807) is 6.07 Å². The molecule has 1 aromatic rings. The van der Waals surface area contributed by atoms with Crippen LogP contribution in [0, 0.1) is 0 Å². The maximum Gasteiger partial charge on any atom is 0.225 e. The third-order valence-electron chi connectivity index (χ3n) is 2.21. The van der Waals surface area contributed by atoms with Gasteiger partial charge in [0.1, 0.15) is 11.9 Å². The molecule has 0 aliphatic heterocycles. The zero-order valence-corrected chi connectivity index (χ0v) is 7.73. The van der Waals surface area contributed by atoms with Gasteiger partial charge in [-0.15, -0.1) is 0 Å². The number of aromatic nitrogens is 2. The molecule has 1 aliphatic rings. The van der Waals surface area contributed by atoms with Gasteiger partial charge in [0.25, 0.3) is 0 Å². The first-order valence-corrected chi connectivity index (χ1v) is 4.56. The van der Waals surface area contributed by atoms with Crippen LogP contribution in [-0.2, 0) is 0 Å². The lowest BCUT2D eigenvalue weighted by Gasteiger charge is -2.25. The molecule has 0 amide bonds. The van der Waals surface area contributed by atoms with Crippen LogP contribution in [0.4, 0.5) is 11.8 Å². The molecule has 1 heterocycles. The fourth-order valence-electron chi connectivity index (χ4n) is 1.24. The van der Waals surface area contributed by atoms with E-state index in [9.17, 15) is 0 Å². The molecule has 6 nitrogen and oxygen atoms in total. The maximum atomic E-state index is 5.55. The quantitative estimate of drug-likeness (QED) is 0.473. The van der Waals surface area contributed by atoms with E-state index < -0.39 is 0 Å². The van der Waals surface area contributed by atoms with Crippen molar-refractivity contribution in [2.45, 2.75) is 25.4 Å². The fourth-order valence-corrected chi connectivity index (χ4v) is 1.24. The molecule has 0 radical (unpaired) electrons. The molecular formula is C8H13N5O. The summed E-state index contributed by atoms with van der Waals surface area (Å²) in [5.41, 5.74) is 7.88. The first-order chi connectivity index (χ1) is 6.78. The van der Waals surface area contributed by atoms with Gasteiger partial charge in [0, 0.05) is 6.07 Å². The van der Waals surface area contributed by atoms with E-state index in [4.69, 9.17) is 16.3 Å². The molecule has 5 N–H and O–H groups in total. The van der Waals surface area contributed by atoms with Crippen LogP contribution < -0.4 is 21.7 Å². The number of nitrogens with one attached hydrogen (secondary N) is 1. The van der Waals surface area contributed by atoms with E-state index in [0.717, 1.165) is 12.8 Å². The molecular weight excluding hydrogens is 182 g/mol. The summed E-state index contributed by atoms with van der Waals surface area (Å²) in [6.07, 6.45) is 3.65. The number of nitrogen functional groups attached to an aromatic ring is 2. The summed E-state index contributed by atoms with van der Waals surface area (Å²) in [5, 5.41) is 0. The second-order valence-corrected chi connectivity index (χ2v) is 3.26. The van der Waals surface area contributed by atoms with E-state index in [1.165, 1.54) is 6.42 Å². The van der Waals surface area contributed by atoms with E-state index in [0.29, 0.717) is 11.7 Å². The summed E-state index contributed by atoms with van der Waals surface area (Å²) in [6.45, 7) is 0. The van der Waals surface area contributed by atoms with Crippen LogP contribution in [-0.4, -0.2) is 16.1 Å². The molecule has 0 bridgehead atoms. The van der Waals surface area contributed by atoms with Crippen LogP contribution in [0.1, 0.15) is 19.3 Å². The normalized spacial score (nSPS) is 16.1. The molecule has 1 fully saturated rings. The van der Waals surface area contributed by atoms with Crippen molar-refractivity contribution in [3.05, 3.63) is 6.07 Å². The number of rotatable bonds is 3. The highest BCUT2D eigenvalue weighted by Crippen LogP contribution is 2.25. The van der Waals surface area contributed by atoms with Gasteiger partial charge in [-0.05, 0) is 19.3 Å². The zero-order valence-electron chi connectivity index (χ0n) is 7.73. The SMILES string of the molecule is NNc1cc(OC2CCC2)nc(N)n1. The Hall–Kier alpha value is -1.56. The van der Waals surface area contributed by atoms with Crippen LogP contribution in [0.15, 0.2) is 6.07 Å². The minimum absolute atomic E-state index is 0.162. The molecule has 1 aliphatic carbocycles. The number of hydrazine groups is 1. The van der Waals surface area contributed by atoms with Crippen LogP contribution >= 0.6 is 0 Å². The van der Waals surface area contributed by atoms with Crippen molar-refractivity contribution >= 4 is 11.8 Å². The summed E-state index contributed by atoms with van der Waals surface area (Å²) < 4.78 is 5.55. The summed E-state index contributed by atoms with van der Waals surface area (Å²) in [7, 11) is 0. The largest absolute Gasteiger partial charge is 0.474 e. The van der Waals surface area contributed by atoms with Gasteiger partial charge in [0.05, 0.1) is 0 Å². The molecule has 14 heavy (non-hydrogen) atoms. The van der Waals surface area contributed by atoms with Gasteiger partial charge < -0.3 is 15.9 Å². The Bertz CT molecular complexity index is 326. The topological polar surface area (TPSA) is 99.1 Å². The molecule has 1 saturated carbocycles. The monoisotopic (exact) mass is 195 g/mol. The highest BCUT2D eigenvalue weighted by atomic mass is 16.5. The van der Waals surface area contributed by atoms with Gasteiger partial charge in [-0.1, -0.05) is 0 Å². The number of ether oxygens (including phenoxy) is 1. The molecule has 76 valence electrons. The van der Waals surface area contributed by atoms with Crippen molar-refractivity contribution < 1.29 is 4.74 Å². The van der Waals surface area contributed by atoms with Gasteiger partial charge in [-0.3, -0.25) is 0 Å². The van der Waals surface area contributed by atoms with Crippen molar-refractivity contribution in [2.24, 2.45) is 5.84 Å². The van der Waals surface area contributed by atoms with Crippen molar-refractivity contribution in [3.63, 3.8) is 0 Å². The van der Waals surface area contributed by atoms with Crippen LogP contribution in [0.2, 0.25) is 0 Å². The predicted molar refractivity (Wildman–Crippen MR) is 52.5 cm³/mol. The van der Waals surface area contributed by atoms with E-state index in [2.05, 4.69) is 15.4 Å². The lowest BCUT2D eigenvalue weighted by atomic mass is 9.96. The summed E-state index contributed by atoms with van der Waals surface area (Å²) >= 11 is 0. The van der Waals surface area contributed by atoms with E-state index >= 15 is 0 Å². The average Bonchev–Trinajstić information content (AvgIpc) is 2.10. The highest BCUT2D eigenvalue weighted by molar-refractivity contribution is 5.41. The van der Waals surface area contributed by atoms with Crippen molar-refractivity contribution in [1.82, 2.24) is 9.97 Å². The van der Waals surface area contributed by atoms with Gasteiger partial charge in [0.15, 0.2) is 0 Å². The highest BCUT2D eigenvalue weighted by Gasteiger charge is 2.20. The smallest absolute Gasteiger partial charge is 0.225 e. The number of anilines is 2. The number of nitrogens with zero attached hydrogens (tertiary/aromatic N) is 2. The first kappa shape index (κ1) is 9.01. The second-order valence-electron chi connectivity index (χ2n) is 3.26. The van der Waals surface area contributed by atoms with Crippen molar-refractivity contribution in [3.8, 4) is 5.88 Å². The minimum atomic E-state index is 0.162. The molecule has 6 heteroatoms. The van der Waals surface area contributed by atoms with Gasteiger partial charge in [-0.25, -0.2) is 5.84 Å². The summed E-state index contributed by atoms with van der Waals surface area (Å²) in [5.74, 6) is 6.32. The Labute approximate surface area is 81.6 Å². The predicted octanol–water partition coefficient (Wildman–Crippen LogP) is 0.276. The summed E-state index contributed by atoms with van der Waals surface area (Å²) in [6, 6.07) is 1.63. The number of nitrogens with two attached hydrogens (primary N) is 2. The van der Waals surface area contributed by atoms with Crippen molar-refractivity contribution in [2.75, 3.05) is 11.2 Å².